The monoisotopic (exact) mass is 696 g/mol. The van der Waals surface area contributed by atoms with Gasteiger partial charge in [-0.25, -0.2) is 9.37 Å². The molecule has 0 unspecified atom stereocenters. The van der Waals surface area contributed by atoms with Crippen LogP contribution in [0.15, 0.2) is 78.1 Å². The summed E-state index contributed by atoms with van der Waals surface area (Å²) in [7, 11) is 0. The second kappa shape index (κ2) is 13.6. The van der Waals surface area contributed by atoms with Crippen LogP contribution in [0.5, 0.6) is 0 Å². The molecule has 1 N–H and O–H groups in total. The molecule has 12 heteroatoms. The van der Waals surface area contributed by atoms with Crippen LogP contribution in [-0.4, -0.2) is 77.6 Å². The number of piperidine rings is 2. The number of hydrogen-bond acceptors (Lipinski definition) is 7. The van der Waals surface area contributed by atoms with Crippen molar-refractivity contribution in [3.05, 3.63) is 106 Å². The molecule has 4 aromatic heterocycles. The van der Waals surface area contributed by atoms with Crippen molar-refractivity contribution >= 4 is 34.2 Å². The Hall–Kier alpha value is -4.68. The number of aryl methyl sites for hydroxylation is 1. The Kier molecular flexibility index (Phi) is 9.17. The standard InChI is InChI=1S/C38H41FN6O4S/c1-24(2)45-16-12-29-34(45)41-23-44(36(29)47)22-38(49)13-17-42(18-14-38)35(46)28-11-15-43(21-30(28)26-7-5-4-6-8-26)37(48)33-31(39)19-32(50-33)27-10-9-25(3)40-20-27/h4-10,12,16,19-20,23-24,28,30,49H,11,13-15,17-18,21-22H2,1-3H3/t28-,30+/m1/s1. The molecular weight excluding hydrogens is 656 g/mol. The topological polar surface area (TPSA) is 114 Å². The van der Waals surface area contributed by atoms with Gasteiger partial charge < -0.3 is 19.5 Å². The van der Waals surface area contributed by atoms with Crippen molar-refractivity contribution in [2.24, 2.45) is 5.92 Å². The molecule has 0 radical (unpaired) electrons. The highest BCUT2D eigenvalue weighted by Crippen LogP contribution is 2.38. The molecule has 2 aliphatic rings. The number of amides is 2. The lowest BCUT2D eigenvalue weighted by Gasteiger charge is -2.43. The first-order valence-corrected chi connectivity index (χ1v) is 18.0. The Balaban J connectivity index is 1.04. The highest BCUT2D eigenvalue weighted by atomic mass is 32.1. The number of halogens is 1. The highest BCUT2D eigenvalue weighted by Gasteiger charge is 2.42. The number of carbonyl (C=O) groups is 2. The van der Waals surface area contributed by atoms with Crippen LogP contribution in [0.3, 0.4) is 0 Å². The second-order valence-electron chi connectivity index (χ2n) is 13.9. The molecule has 1 aromatic carbocycles. The van der Waals surface area contributed by atoms with E-state index in [1.165, 1.54) is 17.0 Å². The first kappa shape index (κ1) is 33.8. The van der Waals surface area contributed by atoms with E-state index < -0.39 is 11.4 Å². The largest absolute Gasteiger partial charge is 0.388 e. The molecule has 2 fully saturated rings. The second-order valence-corrected chi connectivity index (χ2v) is 15.0. The SMILES string of the molecule is Cc1ccc(-c2cc(F)c(C(=O)N3CC[C@@H](C(=O)N4CCC(O)(Cn5cnc6c(ccn6C(C)C)c5=O)CC4)[C@H](c4ccccc4)C3)s2)cn1. The average Bonchev–Trinajstić information content (AvgIpc) is 3.74. The molecule has 0 bridgehead atoms. The van der Waals surface area contributed by atoms with Crippen LogP contribution in [0.25, 0.3) is 21.5 Å². The van der Waals surface area contributed by atoms with E-state index in [4.69, 9.17) is 0 Å². The Morgan fingerprint density at radius 3 is 2.50 bits per heavy atom. The zero-order valence-corrected chi connectivity index (χ0v) is 29.3. The van der Waals surface area contributed by atoms with Crippen LogP contribution < -0.4 is 5.56 Å². The Bertz CT molecular complexity index is 2080. The van der Waals surface area contributed by atoms with Gasteiger partial charge in [0.05, 0.1) is 17.5 Å². The van der Waals surface area contributed by atoms with E-state index in [-0.39, 0.29) is 53.2 Å². The van der Waals surface area contributed by atoms with Gasteiger partial charge in [-0.2, -0.15) is 0 Å². The number of aliphatic hydroxyl groups is 1. The average molecular weight is 697 g/mol. The third kappa shape index (κ3) is 6.49. The van der Waals surface area contributed by atoms with Gasteiger partial charge in [0.2, 0.25) is 5.91 Å². The molecule has 0 spiro atoms. The predicted molar refractivity (Wildman–Crippen MR) is 191 cm³/mol. The fourth-order valence-corrected chi connectivity index (χ4v) is 8.33. The van der Waals surface area contributed by atoms with E-state index in [1.54, 1.807) is 22.1 Å². The third-order valence-electron chi connectivity index (χ3n) is 10.2. The van der Waals surface area contributed by atoms with Crippen molar-refractivity contribution in [1.82, 2.24) is 28.9 Å². The number of hydrogen-bond donors (Lipinski definition) is 1. The minimum Gasteiger partial charge on any atom is -0.388 e. The number of pyridine rings is 1. The molecule has 260 valence electrons. The first-order chi connectivity index (χ1) is 24.0. The van der Waals surface area contributed by atoms with E-state index in [0.29, 0.717) is 54.8 Å². The number of likely N-dealkylation sites (tertiary alicyclic amines) is 2. The summed E-state index contributed by atoms with van der Waals surface area (Å²) in [6, 6.07) is 16.8. The van der Waals surface area contributed by atoms with Crippen molar-refractivity contribution < 1.29 is 19.1 Å². The fraction of sp³-hybridized carbons (Fsp3) is 0.395. The molecule has 6 heterocycles. The van der Waals surface area contributed by atoms with Gasteiger partial charge in [0, 0.05) is 72.6 Å². The summed E-state index contributed by atoms with van der Waals surface area (Å²) in [5.41, 5.74) is 1.82. The van der Waals surface area contributed by atoms with E-state index in [2.05, 4.69) is 9.97 Å². The van der Waals surface area contributed by atoms with E-state index >= 15 is 4.39 Å². The zero-order chi connectivity index (χ0) is 35.2. The molecule has 10 nitrogen and oxygen atoms in total. The summed E-state index contributed by atoms with van der Waals surface area (Å²) in [4.78, 5) is 54.2. The van der Waals surface area contributed by atoms with Crippen molar-refractivity contribution in [3.63, 3.8) is 0 Å². The molecule has 0 aliphatic carbocycles. The Labute approximate surface area is 293 Å². The number of benzene rings is 1. The van der Waals surface area contributed by atoms with Crippen LogP contribution in [-0.2, 0) is 11.3 Å². The lowest BCUT2D eigenvalue weighted by molar-refractivity contribution is -0.142. The molecule has 2 saturated heterocycles. The van der Waals surface area contributed by atoms with Gasteiger partial charge in [0.15, 0.2) is 0 Å². The van der Waals surface area contributed by atoms with Crippen LogP contribution in [0.1, 0.15) is 66.0 Å². The summed E-state index contributed by atoms with van der Waals surface area (Å²) in [6.07, 6.45) is 6.11. The number of fused-ring (bicyclic) bond motifs is 1. The maximum absolute atomic E-state index is 15.2. The van der Waals surface area contributed by atoms with Crippen molar-refractivity contribution in [1.29, 1.82) is 0 Å². The van der Waals surface area contributed by atoms with E-state index in [9.17, 15) is 19.5 Å². The number of rotatable bonds is 7. The van der Waals surface area contributed by atoms with Crippen LogP contribution in [0.4, 0.5) is 4.39 Å². The van der Waals surface area contributed by atoms with Gasteiger partial charge in [-0.1, -0.05) is 36.4 Å². The van der Waals surface area contributed by atoms with Crippen LogP contribution in [0, 0.1) is 18.7 Å². The summed E-state index contributed by atoms with van der Waals surface area (Å²) in [5, 5.41) is 12.1. The number of nitrogens with zero attached hydrogens (tertiary/aromatic N) is 6. The Morgan fingerprint density at radius 1 is 1.04 bits per heavy atom. The quantitative estimate of drug-likeness (QED) is 0.236. The lowest BCUT2D eigenvalue weighted by atomic mass is 9.79. The fourth-order valence-electron chi connectivity index (χ4n) is 7.34. The summed E-state index contributed by atoms with van der Waals surface area (Å²) in [6.45, 7) is 7.34. The molecular formula is C38H41FN6O4S. The highest BCUT2D eigenvalue weighted by molar-refractivity contribution is 7.17. The first-order valence-electron chi connectivity index (χ1n) is 17.1. The minimum absolute atomic E-state index is 0.0141. The van der Waals surface area contributed by atoms with E-state index in [1.807, 2.05) is 74.0 Å². The number of aromatic nitrogens is 4. The molecule has 5 aromatic rings. The zero-order valence-electron chi connectivity index (χ0n) is 28.5. The third-order valence-corrected chi connectivity index (χ3v) is 11.4. The van der Waals surface area contributed by atoms with E-state index in [0.717, 1.165) is 28.2 Å². The summed E-state index contributed by atoms with van der Waals surface area (Å²) >= 11 is 1.12. The van der Waals surface area contributed by atoms with Crippen LogP contribution >= 0.6 is 11.3 Å². The normalized spacial score (nSPS) is 19.3. The van der Waals surface area contributed by atoms with Gasteiger partial charge in [-0.3, -0.25) is 23.9 Å². The van der Waals surface area contributed by atoms with Gasteiger partial charge in [0.1, 0.15) is 22.7 Å². The van der Waals surface area contributed by atoms with Crippen molar-refractivity contribution in [2.45, 2.75) is 64.1 Å². The molecule has 2 aliphatic heterocycles. The minimum atomic E-state index is -1.16. The van der Waals surface area contributed by atoms with Crippen molar-refractivity contribution in [2.75, 3.05) is 26.2 Å². The maximum Gasteiger partial charge on any atom is 0.266 e. The molecule has 2 amide bonds. The maximum atomic E-state index is 15.2. The molecule has 7 rings (SSSR count). The van der Waals surface area contributed by atoms with Crippen LogP contribution in [0.2, 0.25) is 0 Å². The van der Waals surface area contributed by atoms with Gasteiger partial charge in [0.25, 0.3) is 11.5 Å². The number of thiophene rings is 1. The van der Waals surface area contributed by atoms with Gasteiger partial charge in [-0.05, 0) is 63.8 Å². The van der Waals surface area contributed by atoms with Crippen molar-refractivity contribution in [3.8, 4) is 10.4 Å². The smallest absolute Gasteiger partial charge is 0.266 e. The number of carbonyl (C=O) groups excluding carboxylic acids is 2. The summed E-state index contributed by atoms with van der Waals surface area (Å²) in [5.74, 6) is -1.61. The molecule has 50 heavy (non-hydrogen) atoms. The summed E-state index contributed by atoms with van der Waals surface area (Å²) < 4.78 is 18.6. The van der Waals surface area contributed by atoms with Gasteiger partial charge in [-0.15, -0.1) is 11.3 Å². The predicted octanol–water partition coefficient (Wildman–Crippen LogP) is 5.65. The lowest BCUT2D eigenvalue weighted by Crippen LogP contribution is -2.53. The Morgan fingerprint density at radius 2 is 1.80 bits per heavy atom. The van der Waals surface area contributed by atoms with Gasteiger partial charge >= 0.3 is 0 Å². The molecule has 2 atom stereocenters. The molecule has 0 saturated carbocycles.